The number of rotatable bonds is 2. The molecule has 0 fully saturated rings. The third-order valence-electron chi connectivity index (χ3n) is 2.30. The predicted molar refractivity (Wildman–Crippen MR) is 69.3 cm³/mol. The number of Topliss-reactive ketones (excluding diaryl/α,β-unsaturated/α-hetero) is 1. The number of carbonyl (C=O) groups is 2. The van der Waals surface area contributed by atoms with Gasteiger partial charge in [0.15, 0.2) is 0 Å². The number of methoxy groups -OCH3 is 1. The third kappa shape index (κ3) is 2.57. The van der Waals surface area contributed by atoms with Gasteiger partial charge in [0.05, 0.1) is 12.0 Å². The van der Waals surface area contributed by atoms with Gasteiger partial charge in [0.1, 0.15) is 0 Å². The molecule has 0 radical (unpaired) electrons. The van der Waals surface area contributed by atoms with E-state index >= 15 is 0 Å². The van der Waals surface area contributed by atoms with Gasteiger partial charge in [0.25, 0.3) is 0 Å². The van der Waals surface area contributed by atoms with Crippen LogP contribution in [-0.4, -0.2) is 23.9 Å². The maximum atomic E-state index is 12.2. The van der Waals surface area contributed by atoms with Crippen LogP contribution in [0.25, 0.3) is 0 Å². The van der Waals surface area contributed by atoms with E-state index in [1.165, 1.54) is 35.7 Å². The van der Waals surface area contributed by atoms with Crippen LogP contribution in [-0.2, 0) is 4.74 Å². The summed E-state index contributed by atoms with van der Waals surface area (Å²) in [5.74, 6) is -0.112. The molecule has 0 aliphatic carbocycles. The molecule has 0 saturated carbocycles. The molecule has 0 unspecified atom stereocenters. The Morgan fingerprint density at radius 1 is 1.33 bits per heavy atom. The van der Waals surface area contributed by atoms with E-state index in [9.17, 15) is 9.59 Å². The number of ether oxygens (including phenoxy) is 1. The summed E-state index contributed by atoms with van der Waals surface area (Å²) in [5, 5.41) is 1.84. The molecule has 1 aliphatic heterocycles. The second-order valence-electron chi connectivity index (χ2n) is 3.47. The highest BCUT2D eigenvalue weighted by molar-refractivity contribution is 7.12. The summed E-state index contributed by atoms with van der Waals surface area (Å²) in [5.41, 5.74) is 0.438. The van der Waals surface area contributed by atoms with Gasteiger partial charge in [-0.05, 0) is 23.6 Å². The zero-order valence-electron chi connectivity index (χ0n) is 9.70. The van der Waals surface area contributed by atoms with Crippen LogP contribution in [0, 0.1) is 0 Å². The minimum Gasteiger partial charge on any atom is -0.452 e. The summed E-state index contributed by atoms with van der Waals surface area (Å²) in [6.07, 6.45) is 7.51. The maximum absolute atomic E-state index is 12.2. The SMILES string of the molecule is COC(=O)N1C=CC=CC(C(=O)c2cccs2)=C1. The monoisotopic (exact) mass is 261 g/mol. The number of amides is 1. The molecule has 1 aromatic rings. The second kappa shape index (κ2) is 5.46. The largest absolute Gasteiger partial charge is 0.452 e. The van der Waals surface area contributed by atoms with Gasteiger partial charge < -0.3 is 4.74 Å². The van der Waals surface area contributed by atoms with Crippen molar-refractivity contribution < 1.29 is 14.3 Å². The van der Waals surface area contributed by atoms with E-state index in [1.807, 2.05) is 11.4 Å². The van der Waals surface area contributed by atoms with E-state index in [2.05, 4.69) is 4.74 Å². The second-order valence-corrected chi connectivity index (χ2v) is 4.42. The normalized spacial score (nSPS) is 14.1. The van der Waals surface area contributed by atoms with Crippen molar-refractivity contribution in [3.8, 4) is 0 Å². The average Bonchev–Trinajstić information content (AvgIpc) is 2.81. The Kier molecular flexibility index (Phi) is 3.74. The Hall–Kier alpha value is -2.14. The number of allylic oxidation sites excluding steroid dienone is 4. The average molecular weight is 261 g/mol. The number of ketones is 1. The van der Waals surface area contributed by atoms with Gasteiger partial charge in [-0.15, -0.1) is 11.3 Å². The van der Waals surface area contributed by atoms with E-state index in [0.717, 1.165) is 0 Å². The molecule has 0 saturated heterocycles. The van der Waals surface area contributed by atoms with Crippen LogP contribution >= 0.6 is 11.3 Å². The lowest BCUT2D eigenvalue weighted by molar-refractivity contribution is 0.104. The number of carbonyl (C=O) groups excluding carboxylic acids is 2. The smallest absolute Gasteiger partial charge is 0.417 e. The molecule has 0 aromatic carbocycles. The van der Waals surface area contributed by atoms with Crippen molar-refractivity contribution in [3.05, 3.63) is 58.6 Å². The first-order valence-corrected chi connectivity index (χ1v) is 6.11. The Morgan fingerprint density at radius 2 is 2.17 bits per heavy atom. The first kappa shape index (κ1) is 12.3. The van der Waals surface area contributed by atoms with Gasteiger partial charge in [-0.3, -0.25) is 9.69 Å². The fourth-order valence-corrected chi connectivity index (χ4v) is 2.13. The summed E-state index contributed by atoms with van der Waals surface area (Å²) >= 11 is 1.37. The van der Waals surface area contributed by atoms with Crippen molar-refractivity contribution in [1.29, 1.82) is 0 Å². The van der Waals surface area contributed by atoms with Crippen molar-refractivity contribution in [2.75, 3.05) is 7.11 Å². The standard InChI is InChI=1S/C13H11NO3S/c1-17-13(16)14-7-3-2-5-10(9-14)12(15)11-6-4-8-18-11/h2-9H,1H3. The molecule has 18 heavy (non-hydrogen) atoms. The first-order chi connectivity index (χ1) is 8.72. The maximum Gasteiger partial charge on any atom is 0.417 e. The zero-order chi connectivity index (χ0) is 13.0. The van der Waals surface area contributed by atoms with Crippen LogP contribution in [0.2, 0.25) is 0 Å². The van der Waals surface area contributed by atoms with E-state index < -0.39 is 6.09 Å². The molecule has 92 valence electrons. The van der Waals surface area contributed by atoms with Gasteiger partial charge in [-0.25, -0.2) is 4.79 Å². The van der Waals surface area contributed by atoms with Crippen molar-refractivity contribution >= 4 is 23.2 Å². The van der Waals surface area contributed by atoms with Crippen LogP contribution in [0.15, 0.2) is 53.7 Å². The molecule has 1 aliphatic rings. The highest BCUT2D eigenvalue weighted by Gasteiger charge is 2.16. The first-order valence-electron chi connectivity index (χ1n) is 5.23. The van der Waals surface area contributed by atoms with Crippen molar-refractivity contribution in [3.63, 3.8) is 0 Å². The summed E-state index contributed by atoms with van der Waals surface area (Å²) in [7, 11) is 1.29. The minimum absolute atomic E-state index is 0.112. The van der Waals surface area contributed by atoms with Crippen LogP contribution in [0.1, 0.15) is 9.67 Å². The molecule has 0 N–H and O–H groups in total. The van der Waals surface area contributed by atoms with Crippen LogP contribution in [0.5, 0.6) is 0 Å². The topological polar surface area (TPSA) is 46.6 Å². The number of nitrogens with zero attached hydrogens (tertiary/aromatic N) is 1. The molecular formula is C13H11NO3S. The highest BCUT2D eigenvalue weighted by atomic mass is 32.1. The van der Waals surface area contributed by atoms with Gasteiger partial charge in [-0.1, -0.05) is 12.1 Å². The molecule has 1 amide bonds. The molecule has 2 rings (SSSR count). The summed E-state index contributed by atoms with van der Waals surface area (Å²) in [6, 6.07) is 3.57. The zero-order valence-corrected chi connectivity index (χ0v) is 10.5. The Bertz CT molecular complexity index is 541. The van der Waals surface area contributed by atoms with Crippen molar-refractivity contribution in [2.24, 2.45) is 0 Å². The van der Waals surface area contributed by atoms with Gasteiger partial charge >= 0.3 is 6.09 Å². The summed E-state index contributed by atoms with van der Waals surface area (Å²) in [6.45, 7) is 0. The molecule has 5 heteroatoms. The lowest BCUT2D eigenvalue weighted by Gasteiger charge is -2.11. The fraction of sp³-hybridized carbons (Fsp3) is 0.0769. The number of hydrogen-bond acceptors (Lipinski definition) is 4. The Labute approximate surface area is 108 Å². The molecule has 0 bridgehead atoms. The number of thiophene rings is 1. The molecule has 2 heterocycles. The molecule has 4 nitrogen and oxygen atoms in total. The van der Waals surface area contributed by atoms with E-state index in [0.29, 0.717) is 10.5 Å². The lowest BCUT2D eigenvalue weighted by Crippen LogP contribution is -2.20. The molecule has 0 spiro atoms. The van der Waals surface area contributed by atoms with Crippen molar-refractivity contribution in [1.82, 2.24) is 4.90 Å². The van der Waals surface area contributed by atoms with E-state index in [4.69, 9.17) is 0 Å². The Morgan fingerprint density at radius 3 is 2.83 bits per heavy atom. The van der Waals surface area contributed by atoms with E-state index in [-0.39, 0.29) is 5.78 Å². The highest BCUT2D eigenvalue weighted by Crippen LogP contribution is 2.17. The third-order valence-corrected chi connectivity index (χ3v) is 3.17. The summed E-state index contributed by atoms with van der Waals surface area (Å²) in [4.78, 5) is 25.5. The predicted octanol–water partition coefficient (Wildman–Crippen LogP) is 2.97. The van der Waals surface area contributed by atoms with Crippen LogP contribution < -0.4 is 0 Å². The Balaban J connectivity index is 2.29. The molecule has 0 atom stereocenters. The summed E-state index contributed by atoms with van der Waals surface area (Å²) < 4.78 is 4.62. The fourth-order valence-electron chi connectivity index (χ4n) is 1.44. The van der Waals surface area contributed by atoms with Gasteiger partial charge in [-0.2, -0.15) is 0 Å². The lowest BCUT2D eigenvalue weighted by atomic mass is 10.1. The molecular weight excluding hydrogens is 250 g/mol. The van der Waals surface area contributed by atoms with E-state index in [1.54, 1.807) is 24.3 Å². The molecule has 1 aromatic heterocycles. The van der Waals surface area contributed by atoms with Crippen LogP contribution in [0.4, 0.5) is 4.79 Å². The van der Waals surface area contributed by atoms with Gasteiger partial charge in [0, 0.05) is 18.0 Å². The van der Waals surface area contributed by atoms with Gasteiger partial charge in [0.2, 0.25) is 5.78 Å². The number of hydrogen-bond donors (Lipinski definition) is 0. The quantitative estimate of drug-likeness (QED) is 0.769. The minimum atomic E-state index is -0.536. The van der Waals surface area contributed by atoms with Crippen LogP contribution in [0.3, 0.4) is 0 Å². The van der Waals surface area contributed by atoms with Crippen molar-refractivity contribution in [2.45, 2.75) is 0 Å².